The van der Waals surface area contributed by atoms with Crippen molar-refractivity contribution in [2.24, 2.45) is 11.8 Å². The third-order valence-corrected chi connectivity index (χ3v) is 5.08. The number of carbonyl (C=O) groups is 1. The second-order valence-corrected chi connectivity index (χ2v) is 7.52. The minimum absolute atomic E-state index is 0.441. The lowest BCUT2D eigenvalue weighted by Crippen LogP contribution is -2.38. The Bertz CT molecular complexity index is 477. The molecule has 1 saturated heterocycles. The predicted octanol–water partition coefficient (Wildman–Crippen LogP) is 3.66. The van der Waals surface area contributed by atoms with Crippen LogP contribution in [-0.2, 0) is 13.0 Å². The van der Waals surface area contributed by atoms with Gasteiger partial charge < -0.3 is 5.11 Å². The fraction of sp³-hybridized carbons (Fsp3) is 0.750. The lowest BCUT2D eigenvalue weighted by molar-refractivity contribution is 0.0700. The van der Waals surface area contributed by atoms with Gasteiger partial charge in [0.1, 0.15) is 9.88 Å². The molecule has 5 heteroatoms. The first-order valence-corrected chi connectivity index (χ1v) is 8.75. The van der Waals surface area contributed by atoms with E-state index in [9.17, 15) is 9.90 Å². The smallest absolute Gasteiger partial charge is 0.347 e. The maximum Gasteiger partial charge on any atom is 0.347 e. The van der Waals surface area contributed by atoms with Crippen LogP contribution in [-0.4, -0.2) is 34.0 Å². The fourth-order valence-electron chi connectivity index (χ4n) is 3.26. The van der Waals surface area contributed by atoms with E-state index in [-0.39, 0.29) is 0 Å². The molecular formula is C16H26N2O2S. The van der Waals surface area contributed by atoms with Crippen LogP contribution in [0.4, 0.5) is 0 Å². The van der Waals surface area contributed by atoms with Crippen LogP contribution in [0, 0.1) is 11.8 Å². The molecule has 0 bridgehead atoms. The largest absolute Gasteiger partial charge is 0.477 e. The van der Waals surface area contributed by atoms with Gasteiger partial charge in [0, 0.05) is 13.1 Å². The Morgan fingerprint density at radius 2 is 2.05 bits per heavy atom. The van der Waals surface area contributed by atoms with Gasteiger partial charge in [-0.1, -0.05) is 27.2 Å². The molecule has 1 aliphatic heterocycles. The highest BCUT2D eigenvalue weighted by atomic mass is 32.1. The van der Waals surface area contributed by atoms with Crippen LogP contribution in [0.5, 0.6) is 0 Å². The quantitative estimate of drug-likeness (QED) is 0.871. The molecule has 0 radical (unpaired) electrons. The van der Waals surface area contributed by atoms with Crippen molar-refractivity contribution in [3.8, 4) is 0 Å². The van der Waals surface area contributed by atoms with Crippen molar-refractivity contribution in [3.63, 3.8) is 0 Å². The van der Waals surface area contributed by atoms with Gasteiger partial charge in [-0.2, -0.15) is 0 Å². The molecule has 1 N–H and O–H groups in total. The Labute approximate surface area is 131 Å². The van der Waals surface area contributed by atoms with Gasteiger partial charge in [-0.15, -0.1) is 11.3 Å². The van der Waals surface area contributed by atoms with E-state index in [2.05, 4.69) is 30.7 Å². The van der Waals surface area contributed by atoms with Gasteiger partial charge in [-0.25, -0.2) is 9.78 Å². The monoisotopic (exact) mass is 310 g/mol. The third kappa shape index (κ3) is 4.51. The van der Waals surface area contributed by atoms with E-state index in [1.807, 2.05) is 0 Å². The maximum atomic E-state index is 11.4. The van der Waals surface area contributed by atoms with E-state index in [4.69, 9.17) is 0 Å². The van der Waals surface area contributed by atoms with E-state index < -0.39 is 5.97 Å². The van der Waals surface area contributed by atoms with Crippen molar-refractivity contribution >= 4 is 17.3 Å². The number of carboxylic acid groups (broad SMARTS) is 1. The molecule has 21 heavy (non-hydrogen) atoms. The van der Waals surface area contributed by atoms with Crippen molar-refractivity contribution in [2.45, 2.75) is 53.0 Å². The Kier molecular flexibility index (Phi) is 5.76. The van der Waals surface area contributed by atoms with Crippen molar-refractivity contribution < 1.29 is 9.90 Å². The number of aromatic carboxylic acids is 1. The van der Waals surface area contributed by atoms with Crippen molar-refractivity contribution in [1.29, 1.82) is 0 Å². The molecule has 118 valence electrons. The predicted molar refractivity (Wildman–Crippen MR) is 85.9 cm³/mol. The first kappa shape index (κ1) is 16.4. The van der Waals surface area contributed by atoms with Crippen molar-refractivity contribution in [3.05, 3.63) is 15.6 Å². The summed E-state index contributed by atoms with van der Waals surface area (Å²) >= 11 is 1.36. The van der Waals surface area contributed by atoms with Gasteiger partial charge in [0.05, 0.1) is 12.2 Å². The lowest BCUT2D eigenvalue weighted by Gasteiger charge is -2.34. The molecule has 2 heterocycles. The molecule has 1 aromatic rings. The second kappa shape index (κ2) is 7.36. The summed E-state index contributed by atoms with van der Waals surface area (Å²) in [4.78, 5) is 18.8. The van der Waals surface area contributed by atoms with Crippen LogP contribution in [0.25, 0.3) is 0 Å². The molecule has 0 aliphatic carbocycles. The Balaban J connectivity index is 2.07. The van der Waals surface area contributed by atoms with Crippen LogP contribution < -0.4 is 0 Å². The standard InChI is InChI=1S/C16H26N2O2S/c1-4-5-6-13-15(16(19)20)21-14(17-13)10-18-8-11(2)7-12(3)9-18/h11-12H,4-10H2,1-3H3,(H,19,20). The molecule has 0 spiro atoms. The average molecular weight is 310 g/mol. The van der Waals surface area contributed by atoms with Crippen LogP contribution in [0.15, 0.2) is 0 Å². The first-order chi connectivity index (χ1) is 9.99. The SMILES string of the molecule is CCCCc1nc(CN2CC(C)CC(C)C2)sc1C(=O)O. The van der Waals surface area contributed by atoms with Gasteiger partial charge in [-0.3, -0.25) is 4.90 Å². The van der Waals surface area contributed by atoms with Crippen molar-refractivity contribution in [2.75, 3.05) is 13.1 Å². The Morgan fingerprint density at radius 1 is 1.38 bits per heavy atom. The molecule has 0 aromatic carbocycles. The number of aryl methyl sites for hydroxylation is 1. The van der Waals surface area contributed by atoms with Crippen molar-refractivity contribution in [1.82, 2.24) is 9.88 Å². The maximum absolute atomic E-state index is 11.4. The zero-order valence-electron chi connectivity index (χ0n) is 13.3. The summed E-state index contributed by atoms with van der Waals surface area (Å²) in [5.74, 6) is 0.602. The van der Waals surface area contributed by atoms with Gasteiger partial charge in [-0.05, 0) is 31.1 Å². The molecule has 1 aliphatic rings. The molecule has 0 saturated carbocycles. The highest BCUT2D eigenvalue weighted by Gasteiger charge is 2.24. The van der Waals surface area contributed by atoms with Gasteiger partial charge >= 0.3 is 5.97 Å². The summed E-state index contributed by atoms with van der Waals surface area (Å²) in [5, 5.41) is 10.3. The minimum Gasteiger partial charge on any atom is -0.477 e. The van der Waals surface area contributed by atoms with E-state index in [1.54, 1.807) is 0 Å². The highest BCUT2D eigenvalue weighted by Crippen LogP contribution is 2.26. The normalized spacial score (nSPS) is 23.4. The second-order valence-electron chi connectivity index (χ2n) is 6.43. The molecule has 2 rings (SSSR count). The number of carboxylic acids is 1. The summed E-state index contributed by atoms with van der Waals surface area (Å²) in [6, 6.07) is 0. The van der Waals surface area contributed by atoms with Gasteiger partial charge in [0.25, 0.3) is 0 Å². The zero-order chi connectivity index (χ0) is 15.4. The summed E-state index contributed by atoms with van der Waals surface area (Å²) < 4.78 is 0. The number of aromatic nitrogens is 1. The first-order valence-electron chi connectivity index (χ1n) is 7.93. The van der Waals surface area contributed by atoms with E-state index in [0.717, 1.165) is 49.6 Å². The van der Waals surface area contributed by atoms with E-state index >= 15 is 0 Å². The number of piperidine rings is 1. The molecule has 1 fully saturated rings. The van der Waals surface area contributed by atoms with E-state index in [0.29, 0.717) is 16.7 Å². The zero-order valence-corrected chi connectivity index (χ0v) is 14.1. The van der Waals surface area contributed by atoms with Crippen LogP contribution in [0.1, 0.15) is 60.4 Å². The summed E-state index contributed by atoms with van der Waals surface area (Å²) in [5.41, 5.74) is 0.780. The number of hydrogen-bond donors (Lipinski definition) is 1. The highest BCUT2D eigenvalue weighted by molar-refractivity contribution is 7.13. The topological polar surface area (TPSA) is 53.4 Å². The van der Waals surface area contributed by atoms with E-state index in [1.165, 1.54) is 17.8 Å². The molecule has 2 unspecified atom stereocenters. The van der Waals surface area contributed by atoms with Crippen LogP contribution >= 0.6 is 11.3 Å². The molecular weight excluding hydrogens is 284 g/mol. The Morgan fingerprint density at radius 3 is 2.62 bits per heavy atom. The van der Waals surface area contributed by atoms with Crippen LogP contribution in [0.3, 0.4) is 0 Å². The minimum atomic E-state index is -0.828. The molecule has 0 amide bonds. The average Bonchev–Trinajstić information content (AvgIpc) is 2.78. The number of hydrogen-bond acceptors (Lipinski definition) is 4. The molecule has 4 nitrogen and oxygen atoms in total. The lowest BCUT2D eigenvalue weighted by atomic mass is 9.92. The third-order valence-electron chi connectivity index (χ3n) is 4.01. The fourth-order valence-corrected chi connectivity index (χ4v) is 4.25. The summed E-state index contributed by atoms with van der Waals surface area (Å²) in [6.45, 7) is 9.68. The number of unbranched alkanes of at least 4 members (excludes halogenated alkanes) is 1. The number of likely N-dealkylation sites (tertiary alicyclic amines) is 1. The molecule has 2 atom stereocenters. The number of rotatable bonds is 6. The number of thiazole rings is 1. The number of nitrogens with zero attached hydrogens (tertiary/aromatic N) is 2. The Hall–Kier alpha value is -0.940. The summed E-state index contributed by atoms with van der Waals surface area (Å²) in [7, 11) is 0. The van der Waals surface area contributed by atoms with Gasteiger partial charge in [0.2, 0.25) is 0 Å². The van der Waals surface area contributed by atoms with Crippen LogP contribution in [0.2, 0.25) is 0 Å². The summed E-state index contributed by atoms with van der Waals surface area (Å²) in [6.07, 6.45) is 4.13. The molecule has 1 aromatic heterocycles. The van der Waals surface area contributed by atoms with Gasteiger partial charge in [0.15, 0.2) is 0 Å².